The average molecular weight is 444 g/mol. The Labute approximate surface area is 186 Å². The molecule has 31 heavy (non-hydrogen) atoms. The molecule has 4 rings (SSSR count). The van der Waals surface area contributed by atoms with E-state index in [1.165, 1.54) is 16.2 Å². The summed E-state index contributed by atoms with van der Waals surface area (Å²) in [5, 5.41) is 6.66. The second kappa shape index (κ2) is 9.80. The minimum atomic E-state index is -0.210. The van der Waals surface area contributed by atoms with Crippen molar-refractivity contribution in [2.75, 3.05) is 50.6 Å². The van der Waals surface area contributed by atoms with Gasteiger partial charge in [0.05, 0.1) is 38.1 Å². The van der Waals surface area contributed by atoms with Crippen molar-refractivity contribution in [1.29, 1.82) is 0 Å². The normalized spacial score (nSPS) is 18.8. The molecule has 2 aliphatic rings. The van der Waals surface area contributed by atoms with Gasteiger partial charge in [0.2, 0.25) is 5.91 Å². The van der Waals surface area contributed by atoms with Gasteiger partial charge in [0, 0.05) is 18.0 Å². The first-order valence-corrected chi connectivity index (χ1v) is 11.6. The molecule has 2 heterocycles. The molecule has 0 bridgehead atoms. The molecule has 166 valence electrons. The topological polar surface area (TPSA) is 79.9 Å². The smallest absolute Gasteiger partial charge is 0.259 e. The van der Waals surface area contributed by atoms with Gasteiger partial charge >= 0.3 is 0 Å². The van der Waals surface area contributed by atoms with Crippen molar-refractivity contribution >= 4 is 33.8 Å². The molecule has 1 saturated heterocycles. The summed E-state index contributed by atoms with van der Waals surface area (Å²) in [4.78, 5) is 29.4. The van der Waals surface area contributed by atoms with Crippen LogP contribution in [-0.2, 0) is 22.4 Å². The quantitative estimate of drug-likeness (QED) is 0.715. The second-order valence-electron chi connectivity index (χ2n) is 8.15. The Kier molecular flexibility index (Phi) is 6.89. The average Bonchev–Trinajstić information content (AvgIpc) is 3.11. The fourth-order valence-electron chi connectivity index (χ4n) is 4.14. The lowest BCUT2D eigenvalue weighted by Crippen LogP contribution is -2.41. The number of methoxy groups -OCH3 is 1. The summed E-state index contributed by atoms with van der Waals surface area (Å²) in [6.07, 6.45) is 2.83. The predicted molar refractivity (Wildman–Crippen MR) is 122 cm³/mol. The highest BCUT2D eigenvalue weighted by Crippen LogP contribution is 2.40. The maximum atomic E-state index is 13.4. The van der Waals surface area contributed by atoms with Crippen LogP contribution >= 0.6 is 11.3 Å². The number of fused-ring (bicyclic) bond motifs is 1. The minimum Gasteiger partial charge on any atom is -0.495 e. The number of hydrogen-bond acceptors (Lipinski definition) is 6. The summed E-state index contributed by atoms with van der Waals surface area (Å²) in [7, 11) is 1.58. The third kappa shape index (κ3) is 5.08. The van der Waals surface area contributed by atoms with Crippen LogP contribution in [0.5, 0.6) is 5.75 Å². The van der Waals surface area contributed by atoms with Gasteiger partial charge in [-0.1, -0.05) is 19.1 Å². The van der Waals surface area contributed by atoms with Crippen LogP contribution < -0.4 is 15.4 Å². The number of para-hydroxylation sites is 2. The molecule has 2 amide bonds. The molecule has 2 N–H and O–H groups in total. The van der Waals surface area contributed by atoms with Gasteiger partial charge in [-0.15, -0.1) is 11.3 Å². The largest absolute Gasteiger partial charge is 0.495 e. The molecule has 0 spiro atoms. The van der Waals surface area contributed by atoms with Crippen molar-refractivity contribution in [3.8, 4) is 5.75 Å². The zero-order valence-electron chi connectivity index (χ0n) is 18.0. The van der Waals surface area contributed by atoms with Gasteiger partial charge < -0.3 is 20.1 Å². The lowest BCUT2D eigenvalue weighted by molar-refractivity contribution is -0.118. The zero-order valence-corrected chi connectivity index (χ0v) is 18.8. The number of anilines is 2. The van der Waals surface area contributed by atoms with E-state index in [9.17, 15) is 9.59 Å². The molecule has 8 heteroatoms. The van der Waals surface area contributed by atoms with E-state index in [1.54, 1.807) is 7.11 Å². The van der Waals surface area contributed by atoms with Gasteiger partial charge in [-0.2, -0.15) is 0 Å². The lowest BCUT2D eigenvalue weighted by atomic mass is 9.88. The van der Waals surface area contributed by atoms with Crippen LogP contribution in [0.4, 0.5) is 10.7 Å². The highest BCUT2D eigenvalue weighted by atomic mass is 32.1. The zero-order chi connectivity index (χ0) is 21.8. The maximum Gasteiger partial charge on any atom is 0.259 e. The number of morpholine rings is 1. The number of thiophene rings is 1. The Balaban J connectivity index is 1.57. The number of nitrogens with zero attached hydrogens (tertiary/aromatic N) is 1. The van der Waals surface area contributed by atoms with Gasteiger partial charge in [0.1, 0.15) is 10.8 Å². The Morgan fingerprint density at radius 1 is 1.23 bits per heavy atom. The fraction of sp³-hybridized carbons (Fsp3) is 0.478. The molecule has 1 aromatic carbocycles. The monoisotopic (exact) mass is 443 g/mol. The van der Waals surface area contributed by atoms with Gasteiger partial charge in [0.25, 0.3) is 5.91 Å². The van der Waals surface area contributed by atoms with Crippen LogP contribution in [0.25, 0.3) is 0 Å². The number of carbonyl (C=O) groups excluding carboxylic acids is 2. The summed E-state index contributed by atoms with van der Waals surface area (Å²) in [5.74, 6) is 0.873. The molecule has 1 atom stereocenters. The second-order valence-corrected chi connectivity index (χ2v) is 9.25. The number of ether oxygens (including phenoxy) is 2. The van der Waals surface area contributed by atoms with Crippen molar-refractivity contribution in [2.45, 2.75) is 26.2 Å². The van der Waals surface area contributed by atoms with Crippen molar-refractivity contribution in [3.05, 3.63) is 40.3 Å². The van der Waals surface area contributed by atoms with E-state index in [1.807, 2.05) is 24.3 Å². The third-order valence-electron chi connectivity index (χ3n) is 5.82. The number of benzene rings is 1. The molecular weight excluding hydrogens is 414 g/mol. The van der Waals surface area contributed by atoms with E-state index in [0.717, 1.165) is 37.9 Å². The first-order chi connectivity index (χ1) is 15.0. The maximum absolute atomic E-state index is 13.4. The molecule has 2 aromatic rings. The van der Waals surface area contributed by atoms with Crippen molar-refractivity contribution in [1.82, 2.24) is 4.90 Å². The highest BCUT2D eigenvalue weighted by molar-refractivity contribution is 7.17. The molecule has 0 saturated carbocycles. The van der Waals surface area contributed by atoms with Crippen molar-refractivity contribution in [2.24, 2.45) is 5.92 Å². The van der Waals surface area contributed by atoms with Gasteiger partial charge in [-0.3, -0.25) is 14.5 Å². The summed E-state index contributed by atoms with van der Waals surface area (Å²) in [5.41, 5.74) is 2.27. The van der Waals surface area contributed by atoms with Crippen LogP contribution in [0.2, 0.25) is 0 Å². The van der Waals surface area contributed by atoms with Crippen LogP contribution in [0.15, 0.2) is 24.3 Å². The molecule has 1 aliphatic heterocycles. The summed E-state index contributed by atoms with van der Waals surface area (Å²) < 4.78 is 10.7. The predicted octanol–water partition coefficient (Wildman–Crippen LogP) is 3.40. The van der Waals surface area contributed by atoms with Crippen LogP contribution in [0, 0.1) is 5.92 Å². The fourth-order valence-corrected chi connectivity index (χ4v) is 5.56. The molecular formula is C23H29N3O4S. The lowest BCUT2D eigenvalue weighted by Gasteiger charge is -2.25. The first-order valence-electron chi connectivity index (χ1n) is 10.7. The number of amides is 2. The van der Waals surface area contributed by atoms with E-state index in [0.29, 0.717) is 47.7 Å². The molecule has 1 unspecified atom stereocenters. The Morgan fingerprint density at radius 3 is 2.77 bits per heavy atom. The Bertz CT molecular complexity index is 952. The summed E-state index contributed by atoms with van der Waals surface area (Å²) in [6.45, 7) is 5.31. The summed E-state index contributed by atoms with van der Waals surface area (Å²) >= 11 is 1.54. The number of carbonyl (C=O) groups is 2. The molecule has 7 nitrogen and oxygen atoms in total. The standard InChI is InChI=1S/C23H29N3O4S/c1-15-7-8-16-19(13-15)31-23(25-20(27)14-26-9-11-30-12-10-26)21(16)22(28)24-17-5-3-4-6-18(17)29-2/h3-6,15H,7-14H2,1-2H3,(H,24,28)(H,25,27). The van der Waals surface area contributed by atoms with Gasteiger partial charge in [0.15, 0.2) is 0 Å². The Hall–Kier alpha value is -2.42. The molecule has 1 aromatic heterocycles. The SMILES string of the molecule is COc1ccccc1NC(=O)c1c(NC(=O)CN2CCOCC2)sc2c1CCC(C)C2. The van der Waals surface area contributed by atoms with Gasteiger partial charge in [-0.05, 0) is 42.9 Å². The van der Waals surface area contributed by atoms with Gasteiger partial charge in [-0.25, -0.2) is 0 Å². The van der Waals surface area contributed by atoms with E-state index < -0.39 is 0 Å². The van der Waals surface area contributed by atoms with E-state index in [-0.39, 0.29) is 11.8 Å². The Morgan fingerprint density at radius 2 is 2.00 bits per heavy atom. The third-order valence-corrected chi connectivity index (χ3v) is 6.99. The minimum absolute atomic E-state index is 0.0973. The number of rotatable bonds is 6. The number of hydrogen-bond donors (Lipinski definition) is 2. The first kappa shape index (κ1) is 21.8. The van der Waals surface area contributed by atoms with E-state index in [2.05, 4.69) is 22.5 Å². The van der Waals surface area contributed by atoms with Crippen molar-refractivity contribution in [3.63, 3.8) is 0 Å². The number of nitrogens with one attached hydrogen (secondary N) is 2. The van der Waals surface area contributed by atoms with Crippen LogP contribution in [0.1, 0.15) is 34.1 Å². The van der Waals surface area contributed by atoms with Crippen molar-refractivity contribution < 1.29 is 19.1 Å². The molecule has 1 aliphatic carbocycles. The van der Waals surface area contributed by atoms with E-state index >= 15 is 0 Å². The van der Waals surface area contributed by atoms with Crippen LogP contribution in [0.3, 0.4) is 0 Å². The molecule has 1 fully saturated rings. The molecule has 0 radical (unpaired) electrons. The van der Waals surface area contributed by atoms with E-state index in [4.69, 9.17) is 9.47 Å². The highest BCUT2D eigenvalue weighted by Gasteiger charge is 2.29. The van der Waals surface area contributed by atoms with Crippen LogP contribution in [-0.4, -0.2) is 56.7 Å². The summed E-state index contributed by atoms with van der Waals surface area (Å²) in [6, 6.07) is 7.34.